The molecule has 0 aliphatic heterocycles. The van der Waals surface area contributed by atoms with Crippen LogP contribution in [0.4, 0.5) is 0 Å². The van der Waals surface area contributed by atoms with E-state index in [1.807, 2.05) is 13.0 Å². The molecule has 1 atom stereocenters. The molecule has 0 bridgehead atoms. The molecule has 0 saturated carbocycles. The van der Waals surface area contributed by atoms with Crippen LogP contribution < -0.4 is 5.32 Å². The lowest BCUT2D eigenvalue weighted by Crippen LogP contribution is -2.24. The van der Waals surface area contributed by atoms with Crippen molar-refractivity contribution < 1.29 is 0 Å². The van der Waals surface area contributed by atoms with Crippen molar-refractivity contribution in [3.05, 3.63) is 30.1 Å². The first-order valence-electron chi connectivity index (χ1n) is 6.11. The lowest BCUT2D eigenvalue weighted by molar-refractivity contribution is 0.484. The molecule has 16 heavy (non-hydrogen) atoms. The number of nitrogens with one attached hydrogen (secondary N) is 1. The highest BCUT2D eigenvalue weighted by molar-refractivity contribution is 5.14. The Hall–Kier alpha value is -1.09. The first-order chi connectivity index (χ1) is 7.72. The van der Waals surface area contributed by atoms with E-state index in [0.717, 1.165) is 31.6 Å². The molecule has 1 N–H and O–H groups in total. The van der Waals surface area contributed by atoms with E-state index in [-0.39, 0.29) is 0 Å². The number of rotatable bonds is 7. The van der Waals surface area contributed by atoms with Crippen molar-refractivity contribution in [3.8, 4) is 0 Å². The third kappa shape index (κ3) is 3.20. The Balaban J connectivity index is 2.85. The Kier molecular flexibility index (Phi) is 5.26. The summed E-state index contributed by atoms with van der Waals surface area (Å²) in [4.78, 5) is 0. The van der Waals surface area contributed by atoms with Crippen molar-refractivity contribution in [1.82, 2.24) is 15.1 Å². The number of aryl methyl sites for hydroxylation is 2. The molecule has 90 valence electrons. The fourth-order valence-corrected chi connectivity index (χ4v) is 1.89. The molecule has 0 aromatic carbocycles. The van der Waals surface area contributed by atoms with Gasteiger partial charge in [0.15, 0.2) is 0 Å². The maximum atomic E-state index is 4.48. The van der Waals surface area contributed by atoms with Gasteiger partial charge in [0, 0.05) is 6.54 Å². The highest BCUT2D eigenvalue weighted by atomic mass is 15.3. The van der Waals surface area contributed by atoms with Crippen LogP contribution in [0.5, 0.6) is 0 Å². The maximum Gasteiger partial charge on any atom is 0.0597 e. The minimum atomic E-state index is 0.346. The Morgan fingerprint density at radius 2 is 2.31 bits per heavy atom. The second kappa shape index (κ2) is 6.48. The molecule has 0 spiro atoms. The van der Waals surface area contributed by atoms with E-state index in [4.69, 9.17) is 0 Å². The van der Waals surface area contributed by atoms with Gasteiger partial charge in [-0.3, -0.25) is 4.68 Å². The maximum absolute atomic E-state index is 4.48. The highest BCUT2D eigenvalue weighted by Crippen LogP contribution is 2.18. The van der Waals surface area contributed by atoms with Crippen LogP contribution in [0.25, 0.3) is 0 Å². The third-order valence-corrected chi connectivity index (χ3v) is 2.63. The van der Waals surface area contributed by atoms with Gasteiger partial charge >= 0.3 is 0 Å². The van der Waals surface area contributed by atoms with Crippen molar-refractivity contribution in [3.63, 3.8) is 0 Å². The van der Waals surface area contributed by atoms with Crippen molar-refractivity contribution in [2.24, 2.45) is 0 Å². The normalized spacial score (nSPS) is 12.7. The molecule has 1 rings (SSSR count). The summed E-state index contributed by atoms with van der Waals surface area (Å²) in [6.07, 6.45) is 4.06. The average Bonchev–Trinajstić information content (AvgIpc) is 2.65. The predicted molar refractivity (Wildman–Crippen MR) is 68.5 cm³/mol. The molecule has 0 radical (unpaired) electrons. The minimum absolute atomic E-state index is 0.346. The molecular weight excluding hydrogens is 198 g/mol. The first kappa shape index (κ1) is 13.0. The van der Waals surface area contributed by atoms with Gasteiger partial charge in [-0.1, -0.05) is 13.0 Å². The molecule has 0 amide bonds. The van der Waals surface area contributed by atoms with Gasteiger partial charge in [-0.2, -0.15) is 5.10 Å². The summed E-state index contributed by atoms with van der Waals surface area (Å²) in [6.45, 7) is 12.1. The topological polar surface area (TPSA) is 29.9 Å². The van der Waals surface area contributed by atoms with Crippen molar-refractivity contribution in [2.75, 3.05) is 6.54 Å². The molecule has 0 saturated heterocycles. The van der Waals surface area contributed by atoms with Crippen LogP contribution in [0.2, 0.25) is 0 Å². The van der Waals surface area contributed by atoms with Gasteiger partial charge in [0.1, 0.15) is 0 Å². The largest absolute Gasteiger partial charge is 0.308 e. The van der Waals surface area contributed by atoms with Crippen LogP contribution in [0.1, 0.15) is 44.1 Å². The number of hydrogen-bond donors (Lipinski definition) is 1. The summed E-state index contributed by atoms with van der Waals surface area (Å²) >= 11 is 0. The zero-order chi connectivity index (χ0) is 12.0. The van der Waals surface area contributed by atoms with E-state index in [9.17, 15) is 0 Å². The lowest BCUT2D eigenvalue weighted by atomic mass is 10.1. The van der Waals surface area contributed by atoms with E-state index >= 15 is 0 Å². The van der Waals surface area contributed by atoms with Crippen molar-refractivity contribution in [1.29, 1.82) is 0 Å². The summed E-state index contributed by atoms with van der Waals surface area (Å²) in [5, 5.41) is 8.03. The number of aromatic nitrogens is 2. The van der Waals surface area contributed by atoms with Crippen LogP contribution in [-0.2, 0) is 6.54 Å². The number of hydrogen-bond acceptors (Lipinski definition) is 2. The Morgan fingerprint density at radius 1 is 1.56 bits per heavy atom. The summed E-state index contributed by atoms with van der Waals surface area (Å²) in [6, 6.07) is 2.51. The second-order valence-electron chi connectivity index (χ2n) is 4.06. The molecule has 0 aliphatic rings. The first-order valence-corrected chi connectivity index (χ1v) is 6.11. The zero-order valence-electron chi connectivity index (χ0n) is 10.7. The van der Waals surface area contributed by atoms with Crippen LogP contribution in [0.15, 0.2) is 18.7 Å². The fraction of sp³-hybridized carbons (Fsp3) is 0.615. The summed E-state index contributed by atoms with van der Waals surface area (Å²) in [5.41, 5.74) is 2.36. The molecule has 1 aromatic rings. The van der Waals surface area contributed by atoms with Crippen molar-refractivity contribution in [2.45, 2.75) is 46.2 Å². The summed E-state index contributed by atoms with van der Waals surface area (Å²) in [7, 11) is 0. The molecule has 1 aromatic heterocycles. The summed E-state index contributed by atoms with van der Waals surface area (Å²) < 4.78 is 2.08. The van der Waals surface area contributed by atoms with Crippen molar-refractivity contribution >= 4 is 0 Å². The van der Waals surface area contributed by atoms with E-state index in [1.165, 1.54) is 5.69 Å². The average molecular weight is 221 g/mol. The SMILES string of the molecule is C=CCC(NCCC)c1cc(C)nn1CC. The molecule has 1 heterocycles. The Morgan fingerprint density at radius 3 is 2.88 bits per heavy atom. The third-order valence-electron chi connectivity index (χ3n) is 2.63. The van der Waals surface area contributed by atoms with Gasteiger partial charge in [0.25, 0.3) is 0 Å². The van der Waals surface area contributed by atoms with E-state index < -0.39 is 0 Å². The molecule has 3 nitrogen and oxygen atoms in total. The van der Waals surface area contributed by atoms with Crippen LogP contribution in [-0.4, -0.2) is 16.3 Å². The fourth-order valence-electron chi connectivity index (χ4n) is 1.89. The van der Waals surface area contributed by atoms with Crippen LogP contribution >= 0.6 is 0 Å². The van der Waals surface area contributed by atoms with Crippen LogP contribution in [0, 0.1) is 6.92 Å². The van der Waals surface area contributed by atoms with Gasteiger partial charge in [-0.05, 0) is 39.3 Å². The highest BCUT2D eigenvalue weighted by Gasteiger charge is 2.14. The second-order valence-corrected chi connectivity index (χ2v) is 4.06. The van der Waals surface area contributed by atoms with Gasteiger partial charge in [-0.25, -0.2) is 0 Å². The predicted octanol–water partition coefficient (Wildman–Crippen LogP) is 2.83. The standard InChI is InChI=1S/C13H23N3/c1-5-8-12(14-9-6-2)13-10-11(4)15-16(13)7-3/h5,10,12,14H,1,6-9H2,2-4H3. The minimum Gasteiger partial charge on any atom is -0.308 e. The molecule has 0 fully saturated rings. The zero-order valence-corrected chi connectivity index (χ0v) is 10.7. The smallest absolute Gasteiger partial charge is 0.0597 e. The van der Waals surface area contributed by atoms with E-state index in [0.29, 0.717) is 6.04 Å². The van der Waals surface area contributed by atoms with Gasteiger partial charge in [0.05, 0.1) is 17.4 Å². The number of nitrogens with zero attached hydrogens (tertiary/aromatic N) is 2. The van der Waals surface area contributed by atoms with E-state index in [1.54, 1.807) is 0 Å². The molecule has 0 aliphatic carbocycles. The molecular formula is C13H23N3. The van der Waals surface area contributed by atoms with E-state index in [2.05, 4.69) is 41.6 Å². The van der Waals surface area contributed by atoms with Gasteiger partial charge in [-0.15, -0.1) is 6.58 Å². The van der Waals surface area contributed by atoms with Gasteiger partial charge in [0.2, 0.25) is 0 Å². The Bertz CT molecular complexity index is 328. The quantitative estimate of drug-likeness (QED) is 0.718. The van der Waals surface area contributed by atoms with Crippen LogP contribution in [0.3, 0.4) is 0 Å². The monoisotopic (exact) mass is 221 g/mol. The Labute approximate surface area is 98.5 Å². The molecule has 1 unspecified atom stereocenters. The van der Waals surface area contributed by atoms with Gasteiger partial charge < -0.3 is 5.32 Å². The molecule has 3 heteroatoms. The summed E-state index contributed by atoms with van der Waals surface area (Å²) in [5.74, 6) is 0. The lowest BCUT2D eigenvalue weighted by Gasteiger charge is -2.17.